The Morgan fingerprint density at radius 2 is 2.33 bits per heavy atom. The number of aryl methyl sites for hydroxylation is 1. The highest BCUT2D eigenvalue weighted by molar-refractivity contribution is 5.82. The summed E-state index contributed by atoms with van der Waals surface area (Å²) in [7, 11) is 1.40. The van der Waals surface area contributed by atoms with Gasteiger partial charge in [0.2, 0.25) is 0 Å². The van der Waals surface area contributed by atoms with E-state index in [1.807, 2.05) is 32.0 Å². The molecule has 96 valence electrons. The van der Waals surface area contributed by atoms with Gasteiger partial charge in [0, 0.05) is 5.69 Å². The van der Waals surface area contributed by atoms with Gasteiger partial charge in [0.25, 0.3) is 0 Å². The van der Waals surface area contributed by atoms with Gasteiger partial charge in [-0.05, 0) is 31.5 Å². The average molecular weight is 247 g/mol. The molecule has 0 radical (unpaired) electrons. The van der Waals surface area contributed by atoms with Crippen molar-refractivity contribution in [2.45, 2.75) is 26.3 Å². The molecule has 1 heterocycles. The first-order valence-electron chi connectivity index (χ1n) is 5.94. The van der Waals surface area contributed by atoms with Crippen molar-refractivity contribution in [2.75, 3.05) is 12.4 Å². The van der Waals surface area contributed by atoms with E-state index in [0.717, 1.165) is 22.5 Å². The summed E-state index contributed by atoms with van der Waals surface area (Å²) in [5, 5.41) is 3.16. The van der Waals surface area contributed by atoms with Crippen LogP contribution >= 0.6 is 0 Å². The largest absolute Gasteiger partial charge is 0.467 e. The van der Waals surface area contributed by atoms with Crippen LogP contribution in [0, 0.1) is 6.92 Å². The maximum atomic E-state index is 11.5. The van der Waals surface area contributed by atoms with Gasteiger partial charge in [-0.2, -0.15) is 0 Å². The molecule has 2 rings (SSSR count). The van der Waals surface area contributed by atoms with Crippen molar-refractivity contribution in [3.05, 3.63) is 24.0 Å². The number of carbonyl (C=O) groups excluding carboxylic acids is 1. The van der Waals surface area contributed by atoms with Crippen LogP contribution in [0.4, 0.5) is 5.69 Å². The number of carbonyl (C=O) groups is 1. The first kappa shape index (κ1) is 12.4. The van der Waals surface area contributed by atoms with Gasteiger partial charge in [-0.1, -0.05) is 6.92 Å². The van der Waals surface area contributed by atoms with E-state index in [-0.39, 0.29) is 12.0 Å². The molecule has 0 saturated heterocycles. The third-order valence-corrected chi connectivity index (χ3v) is 2.84. The minimum Gasteiger partial charge on any atom is -0.467 e. The lowest BCUT2D eigenvalue weighted by Gasteiger charge is -2.15. The lowest BCUT2D eigenvalue weighted by Crippen LogP contribution is -2.29. The summed E-state index contributed by atoms with van der Waals surface area (Å²) in [5.41, 5.74) is 2.75. The molecule has 2 aromatic rings. The zero-order chi connectivity index (χ0) is 13.1. The summed E-state index contributed by atoms with van der Waals surface area (Å²) in [6, 6.07) is 5.46. The lowest BCUT2D eigenvalue weighted by atomic mass is 10.2. The average Bonchev–Trinajstić information content (AvgIpc) is 2.74. The summed E-state index contributed by atoms with van der Waals surface area (Å²) in [5.74, 6) is 0.626. The number of aromatic amines is 1. The van der Waals surface area contributed by atoms with E-state index in [4.69, 9.17) is 4.74 Å². The number of benzene rings is 1. The smallest absolute Gasteiger partial charge is 0.328 e. The molecule has 5 heteroatoms. The molecule has 1 aromatic carbocycles. The molecule has 5 nitrogen and oxygen atoms in total. The molecule has 0 aliphatic rings. The van der Waals surface area contributed by atoms with Gasteiger partial charge in [-0.15, -0.1) is 0 Å². The monoisotopic (exact) mass is 247 g/mol. The molecule has 0 aliphatic heterocycles. The standard InChI is InChI=1S/C13H17N3O2/c1-4-10(13(17)18-3)16-9-5-6-11-12(7-9)15-8(2)14-11/h5-7,10,16H,4H2,1-3H3,(H,14,15). The predicted molar refractivity (Wildman–Crippen MR) is 70.5 cm³/mol. The maximum Gasteiger partial charge on any atom is 0.328 e. The SMILES string of the molecule is CCC(Nc1ccc2nc(C)[nH]c2c1)C(=O)OC. The second-order valence-electron chi connectivity index (χ2n) is 4.18. The van der Waals surface area contributed by atoms with E-state index >= 15 is 0 Å². The van der Waals surface area contributed by atoms with Crippen molar-refractivity contribution in [3.63, 3.8) is 0 Å². The number of aromatic nitrogens is 2. The fourth-order valence-electron chi connectivity index (χ4n) is 1.90. The van der Waals surface area contributed by atoms with Crippen molar-refractivity contribution in [2.24, 2.45) is 0 Å². The molecule has 2 N–H and O–H groups in total. The van der Waals surface area contributed by atoms with Gasteiger partial charge in [-0.3, -0.25) is 0 Å². The first-order valence-corrected chi connectivity index (χ1v) is 5.94. The van der Waals surface area contributed by atoms with Gasteiger partial charge in [0.1, 0.15) is 11.9 Å². The molecule has 1 atom stereocenters. The minimum absolute atomic E-state index is 0.251. The normalized spacial score (nSPS) is 12.4. The number of fused-ring (bicyclic) bond motifs is 1. The van der Waals surface area contributed by atoms with Crippen LogP contribution in [0.1, 0.15) is 19.2 Å². The third-order valence-electron chi connectivity index (χ3n) is 2.84. The Labute approximate surface area is 106 Å². The molecular weight excluding hydrogens is 230 g/mol. The zero-order valence-electron chi connectivity index (χ0n) is 10.8. The van der Waals surface area contributed by atoms with Crippen LogP contribution < -0.4 is 5.32 Å². The fraction of sp³-hybridized carbons (Fsp3) is 0.385. The van der Waals surface area contributed by atoms with E-state index < -0.39 is 0 Å². The summed E-state index contributed by atoms with van der Waals surface area (Å²) in [6.45, 7) is 3.85. The molecule has 0 spiro atoms. The minimum atomic E-state index is -0.323. The van der Waals surface area contributed by atoms with Crippen LogP contribution in [-0.2, 0) is 9.53 Å². The number of hydrogen-bond donors (Lipinski definition) is 2. The first-order chi connectivity index (χ1) is 8.63. The Morgan fingerprint density at radius 1 is 1.56 bits per heavy atom. The molecule has 1 unspecified atom stereocenters. The second-order valence-corrected chi connectivity index (χ2v) is 4.18. The van der Waals surface area contributed by atoms with E-state index in [1.165, 1.54) is 7.11 Å². The van der Waals surface area contributed by atoms with Crippen molar-refractivity contribution in [3.8, 4) is 0 Å². The Morgan fingerprint density at radius 3 is 3.00 bits per heavy atom. The van der Waals surface area contributed by atoms with Crippen LogP contribution in [0.5, 0.6) is 0 Å². The van der Waals surface area contributed by atoms with E-state index in [2.05, 4.69) is 15.3 Å². The van der Waals surface area contributed by atoms with Crippen molar-refractivity contribution in [1.82, 2.24) is 9.97 Å². The number of imidazole rings is 1. The number of nitrogens with one attached hydrogen (secondary N) is 2. The molecule has 0 saturated carbocycles. The number of anilines is 1. The van der Waals surface area contributed by atoms with E-state index in [0.29, 0.717) is 6.42 Å². The summed E-state index contributed by atoms with van der Waals surface area (Å²) in [4.78, 5) is 19.0. The highest BCUT2D eigenvalue weighted by Crippen LogP contribution is 2.18. The zero-order valence-corrected chi connectivity index (χ0v) is 10.8. The van der Waals surface area contributed by atoms with Crippen LogP contribution in [0.15, 0.2) is 18.2 Å². The third kappa shape index (κ3) is 2.45. The van der Waals surface area contributed by atoms with Crippen LogP contribution in [0.2, 0.25) is 0 Å². The summed E-state index contributed by atoms with van der Waals surface area (Å²) in [6.07, 6.45) is 0.673. The van der Waals surface area contributed by atoms with Gasteiger partial charge < -0.3 is 15.0 Å². The number of methoxy groups -OCH3 is 1. The highest BCUT2D eigenvalue weighted by Gasteiger charge is 2.16. The molecule has 0 fully saturated rings. The van der Waals surface area contributed by atoms with Crippen LogP contribution in [0.3, 0.4) is 0 Å². The highest BCUT2D eigenvalue weighted by atomic mass is 16.5. The Bertz CT molecular complexity index is 562. The van der Waals surface area contributed by atoms with Crippen LogP contribution in [-0.4, -0.2) is 29.1 Å². The number of hydrogen-bond acceptors (Lipinski definition) is 4. The van der Waals surface area contributed by atoms with Crippen molar-refractivity contribution < 1.29 is 9.53 Å². The lowest BCUT2D eigenvalue weighted by molar-refractivity contribution is -0.141. The number of rotatable bonds is 4. The van der Waals surface area contributed by atoms with Gasteiger partial charge >= 0.3 is 5.97 Å². The van der Waals surface area contributed by atoms with Gasteiger partial charge in [0.05, 0.1) is 18.1 Å². The van der Waals surface area contributed by atoms with Gasteiger partial charge in [0.15, 0.2) is 0 Å². The van der Waals surface area contributed by atoms with Crippen molar-refractivity contribution in [1.29, 1.82) is 0 Å². The summed E-state index contributed by atoms with van der Waals surface area (Å²) < 4.78 is 4.75. The molecule has 1 aromatic heterocycles. The maximum absolute atomic E-state index is 11.5. The molecule has 0 bridgehead atoms. The predicted octanol–water partition coefficient (Wildman–Crippen LogP) is 2.23. The van der Waals surface area contributed by atoms with Gasteiger partial charge in [-0.25, -0.2) is 9.78 Å². The number of ether oxygens (including phenoxy) is 1. The second kappa shape index (κ2) is 5.08. The van der Waals surface area contributed by atoms with E-state index in [1.54, 1.807) is 0 Å². The molecule has 18 heavy (non-hydrogen) atoms. The Kier molecular flexibility index (Phi) is 3.50. The Hall–Kier alpha value is -2.04. The summed E-state index contributed by atoms with van der Waals surface area (Å²) >= 11 is 0. The Balaban J connectivity index is 2.22. The van der Waals surface area contributed by atoms with E-state index in [9.17, 15) is 4.79 Å². The van der Waals surface area contributed by atoms with Crippen LogP contribution in [0.25, 0.3) is 11.0 Å². The molecule has 0 amide bonds. The van der Waals surface area contributed by atoms with Crippen molar-refractivity contribution >= 4 is 22.7 Å². The number of esters is 1. The quantitative estimate of drug-likeness (QED) is 0.813. The molecular formula is C13H17N3O2. The fourth-order valence-corrected chi connectivity index (χ4v) is 1.90. The molecule has 0 aliphatic carbocycles. The topological polar surface area (TPSA) is 67.0 Å². The number of nitrogens with zero attached hydrogens (tertiary/aromatic N) is 1. The number of H-pyrrole nitrogens is 1.